The molecule has 0 unspecified atom stereocenters. The average Bonchev–Trinajstić information content (AvgIpc) is 2.66. The zero-order valence-electron chi connectivity index (χ0n) is 14.6. The first-order valence-corrected chi connectivity index (χ1v) is 8.33. The summed E-state index contributed by atoms with van der Waals surface area (Å²) in [6.07, 6.45) is 0.944. The molecule has 0 bridgehead atoms. The van der Waals surface area contributed by atoms with Crippen LogP contribution in [0.1, 0.15) is 30.1 Å². The van der Waals surface area contributed by atoms with E-state index in [4.69, 9.17) is 9.47 Å². The Kier molecular flexibility index (Phi) is 7.01. The van der Waals surface area contributed by atoms with Gasteiger partial charge < -0.3 is 14.8 Å². The van der Waals surface area contributed by atoms with Crippen LogP contribution in [0, 0.1) is 0 Å². The van der Waals surface area contributed by atoms with Gasteiger partial charge in [-0.1, -0.05) is 37.3 Å². The minimum absolute atomic E-state index is 0.160. The molecule has 1 amide bonds. The summed E-state index contributed by atoms with van der Waals surface area (Å²) in [6, 6.07) is 15.0. The maximum absolute atomic E-state index is 12.3. The molecule has 0 aliphatic rings. The van der Waals surface area contributed by atoms with Crippen molar-refractivity contribution < 1.29 is 19.1 Å². The molecule has 0 radical (unpaired) electrons. The van der Waals surface area contributed by atoms with E-state index in [9.17, 15) is 9.59 Å². The van der Waals surface area contributed by atoms with Crippen LogP contribution >= 0.6 is 0 Å². The number of ether oxygens (including phenoxy) is 2. The Balaban J connectivity index is 2.04. The van der Waals surface area contributed by atoms with E-state index in [1.807, 2.05) is 37.3 Å². The highest BCUT2D eigenvalue weighted by molar-refractivity contribution is 5.96. The molecule has 0 aromatic heterocycles. The second-order valence-electron chi connectivity index (χ2n) is 5.51. The zero-order valence-corrected chi connectivity index (χ0v) is 14.6. The van der Waals surface area contributed by atoms with Gasteiger partial charge in [-0.05, 0) is 30.2 Å². The Labute approximate surface area is 148 Å². The van der Waals surface area contributed by atoms with Crippen molar-refractivity contribution in [2.45, 2.75) is 19.8 Å². The standard InChI is InChI=1S/C20H23NO4/c1-3-13-25-19(22)11-12-21-20(23)16-9-10-18(24-2)17(14-16)15-7-5-4-6-8-15/h4-10,14H,3,11-13H2,1-2H3,(H,21,23). The fourth-order valence-electron chi connectivity index (χ4n) is 2.36. The minimum Gasteiger partial charge on any atom is -0.496 e. The van der Waals surface area contributed by atoms with Gasteiger partial charge >= 0.3 is 5.97 Å². The van der Waals surface area contributed by atoms with Crippen LogP contribution in [0.3, 0.4) is 0 Å². The van der Waals surface area contributed by atoms with Gasteiger partial charge in [0.2, 0.25) is 0 Å². The molecule has 2 aromatic rings. The van der Waals surface area contributed by atoms with Crippen LogP contribution in [-0.4, -0.2) is 32.1 Å². The number of carbonyl (C=O) groups excluding carboxylic acids is 2. The lowest BCUT2D eigenvalue weighted by Crippen LogP contribution is -2.26. The maximum Gasteiger partial charge on any atom is 0.307 e. The fraction of sp³-hybridized carbons (Fsp3) is 0.300. The minimum atomic E-state index is -0.304. The molecule has 0 fully saturated rings. The zero-order chi connectivity index (χ0) is 18.1. The molecule has 132 valence electrons. The van der Waals surface area contributed by atoms with Crippen molar-refractivity contribution in [3.05, 3.63) is 54.1 Å². The Morgan fingerprint density at radius 2 is 1.84 bits per heavy atom. The number of benzene rings is 2. The maximum atomic E-state index is 12.3. The molecule has 0 spiro atoms. The van der Waals surface area contributed by atoms with Gasteiger partial charge in [-0.2, -0.15) is 0 Å². The first-order valence-electron chi connectivity index (χ1n) is 8.33. The van der Waals surface area contributed by atoms with Gasteiger partial charge in [0.1, 0.15) is 5.75 Å². The second kappa shape index (κ2) is 9.47. The van der Waals surface area contributed by atoms with E-state index in [0.717, 1.165) is 17.5 Å². The van der Waals surface area contributed by atoms with E-state index in [2.05, 4.69) is 5.32 Å². The average molecular weight is 341 g/mol. The SMILES string of the molecule is CCCOC(=O)CCNC(=O)c1ccc(OC)c(-c2ccccc2)c1. The van der Waals surface area contributed by atoms with Gasteiger partial charge in [-0.3, -0.25) is 9.59 Å². The predicted octanol–water partition coefficient (Wildman–Crippen LogP) is 3.44. The summed E-state index contributed by atoms with van der Waals surface area (Å²) >= 11 is 0. The van der Waals surface area contributed by atoms with Crippen LogP contribution in [0.4, 0.5) is 0 Å². The number of hydrogen-bond donors (Lipinski definition) is 1. The molecule has 0 saturated heterocycles. The first kappa shape index (κ1) is 18.5. The largest absolute Gasteiger partial charge is 0.496 e. The molecule has 0 aliphatic carbocycles. The van der Waals surface area contributed by atoms with Crippen LogP contribution in [0.2, 0.25) is 0 Å². The molecule has 0 atom stereocenters. The Morgan fingerprint density at radius 1 is 1.08 bits per heavy atom. The third-order valence-electron chi connectivity index (χ3n) is 3.63. The van der Waals surface area contributed by atoms with Gasteiger partial charge in [-0.15, -0.1) is 0 Å². The van der Waals surface area contributed by atoms with Crippen LogP contribution in [0.15, 0.2) is 48.5 Å². The van der Waals surface area contributed by atoms with Crippen molar-refractivity contribution in [1.29, 1.82) is 0 Å². The molecular weight excluding hydrogens is 318 g/mol. The highest BCUT2D eigenvalue weighted by atomic mass is 16.5. The lowest BCUT2D eigenvalue weighted by Gasteiger charge is -2.11. The van der Waals surface area contributed by atoms with Gasteiger partial charge in [0.25, 0.3) is 5.91 Å². The molecule has 5 heteroatoms. The first-order chi connectivity index (χ1) is 12.2. The van der Waals surface area contributed by atoms with Crippen LogP contribution in [0.25, 0.3) is 11.1 Å². The van der Waals surface area contributed by atoms with Crippen molar-refractivity contribution >= 4 is 11.9 Å². The third kappa shape index (κ3) is 5.35. The molecule has 0 heterocycles. The van der Waals surface area contributed by atoms with E-state index < -0.39 is 0 Å². The van der Waals surface area contributed by atoms with E-state index in [1.165, 1.54) is 0 Å². The summed E-state index contributed by atoms with van der Waals surface area (Å²) in [6.45, 7) is 2.59. The highest BCUT2D eigenvalue weighted by Gasteiger charge is 2.12. The normalized spacial score (nSPS) is 10.2. The van der Waals surface area contributed by atoms with Crippen molar-refractivity contribution in [3.63, 3.8) is 0 Å². The van der Waals surface area contributed by atoms with Gasteiger partial charge in [0, 0.05) is 17.7 Å². The number of carbonyl (C=O) groups is 2. The molecule has 25 heavy (non-hydrogen) atoms. The van der Waals surface area contributed by atoms with Crippen molar-refractivity contribution in [2.75, 3.05) is 20.3 Å². The van der Waals surface area contributed by atoms with Crippen molar-refractivity contribution in [1.82, 2.24) is 5.32 Å². The number of nitrogens with one attached hydrogen (secondary N) is 1. The molecular formula is C20H23NO4. The van der Waals surface area contributed by atoms with Crippen molar-refractivity contribution in [3.8, 4) is 16.9 Å². The van der Waals surface area contributed by atoms with Gasteiger partial charge in [0.15, 0.2) is 0 Å². The molecule has 5 nitrogen and oxygen atoms in total. The lowest BCUT2D eigenvalue weighted by molar-refractivity contribution is -0.143. The number of hydrogen-bond acceptors (Lipinski definition) is 4. The van der Waals surface area contributed by atoms with Gasteiger partial charge in [-0.25, -0.2) is 0 Å². The highest BCUT2D eigenvalue weighted by Crippen LogP contribution is 2.30. The molecule has 1 N–H and O–H groups in total. The van der Waals surface area contributed by atoms with Crippen LogP contribution in [-0.2, 0) is 9.53 Å². The number of methoxy groups -OCH3 is 1. The van der Waals surface area contributed by atoms with E-state index in [0.29, 0.717) is 17.9 Å². The van der Waals surface area contributed by atoms with E-state index in [1.54, 1.807) is 25.3 Å². The summed E-state index contributed by atoms with van der Waals surface area (Å²) in [5.74, 6) is 0.163. The summed E-state index contributed by atoms with van der Waals surface area (Å²) in [4.78, 5) is 23.8. The summed E-state index contributed by atoms with van der Waals surface area (Å²) in [7, 11) is 1.60. The Hall–Kier alpha value is -2.82. The van der Waals surface area contributed by atoms with Crippen LogP contribution in [0.5, 0.6) is 5.75 Å². The molecule has 0 saturated carbocycles. The second-order valence-corrected chi connectivity index (χ2v) is 5.51. The third-order valence-corrected chi connectivity index (χ3v) is 3.63. The summed E-state index contributed by atoms with van der Waals surface area (Å²) < 4.78 is 10.4. The van der Waals surface area contributed by atoms with Gasteiger partial charge in [0.05, 0.1) is 20.1 Å². The quantitative estimate of drug-likeness (QED) is 0.747. The van der Waals surface area contributed by atoms with Crippen LogP contribution < -0.4 is 10.1 Å². The number of rotatable bonds is 8. The summed E-state index contributed by atoms with van der Waals surface area (Å²) in [5, 5.41) is 2.74. The Bertz CT molecular complexity index is 713. The molecule has 2 rings (SSSR count). The van der Waals surface area contributed by atoms with E-state index >= 15 is 0 Å². The number of esters is 1. The molecule has 0 aliphatic heterocycles. The molecule has 2 aromatic carbocycles. The number of amides is 1. The predicted molar refractivity (Wildman–Crippen MR) is 96.6 cm³/mol. The topological polar surface area (TPSA) is 64.6 Å². The van der Waals surface area contributed by atoms with Crippen molar-refractivity contribution in [2.24, 2.45) is 0 Å². The van der Waals surface area contributed by atoms with E-state index in [-0.39, 0.29) is 24.8 Å². The lowest BCUT2D eigenvalue weighted by atomic mass is 10.0. The fourth-order valence-corrected chi connectivity index (χ4v) is 2.36. The summed E-state index contributed by atoms with van der Waals surface area (Å²) in [5.41, 5.74) is 2.33. The monoisotopic (exact) mass is 341 g/mol. The Morgan fingerprint density at radius 3 is 2.52 bits per heavy atom. The smallest absolute Gasteiger partial charge is 0.307 e.